The van der Waals surface area contributed by atoms with Crippen LogP contribution in [0.5, 0.6) is 11.5 Å². The Morgan fingerprint density at radius 2 is 2.08 bits per heavy atom. The van der Waals surface area contributed by atoms with Crippen LogP contribution in [0.25, 0.3) is 22.7 Å². The molecule has 1 N–H and O–H groups in total. The molecule has 0 saturated carbocycles. The summed E-state index contributed by atoms with van der Waals surface area (Å²) >= 11 is 0. The molecule has 0 aliphatic carbocycles. The number of para-hydroxylation sites is 2. The molecule has 6 nitrogen and oxygen atoms in total. The van der Waals surface area contributed by atoms with Gasteiger partial charge >= 0.3 is 5.97 Å². The zero-order valence-corrected chi connectivity index (χ0v) is 14.4. The molecule has 1 aromatic heterocycles. The summed E-state index contributed by atoms with van der Waals surface area (Å²) in [5.41, 5.74) is 2.79. The van der Waals surface area contributed by atoms with E-state index < -0.39 is 5.97 Å². The number of nitrogens with one attached hydrogen (secondary N) is 1. The van der Waals surface area contributed by atoms with Crippen molar-refractivity contribution in [3.8, 4) is 17.6 Å². The molecule has 26 heavy (non-hydrogen) atoms. The number of carbonyl (C=O) groups excluding carboxylic acids is 1. The summed E-state index contributed by atoms with van der Waals surface area (Å²) < 4.78 is 10.7. The SMILES string of the molecule is CCOc1cc(C=C(C#N)c2nc3ccccc3[nH]2)ccc1OC(C)=O. The Morgan fingerprint density at radius 1 is 1.27 bits per heavy atom. The van der Waals surface area contributed by atoms with E-state index in [0.717, 1.165) is 16.6 Å². The second-order valence-corrected chi connectivity index (χ2v) is 5.51. The maximum atomic E-state index is 11.2. The average Bonchev–Trinajstić information content (AvgIpc) is 3.05. The Bertz CT molecular complexity index is 995. The van der Waals surface area contributed by atoms with Crippen LogP contribution in [0.4, 0.5) is 0 Å². The highest BCUT2D eigenvalue weighted by Gasteiger charge is 2.11. The van der Waals surface area contributed by atoms with Crippen LogP contribution < -0.4 is 9.47 Å². The second kappa shape index (κ2) is 7.53. The van der Waals surface area contributed by atoms with Crippen LogP contribution in [0.15, 0.2) is 42.5 Å². The highest BCUT2D eigenvalue weighted by atomic mass is 16.6. The summed E-state index contributed by atoms with van der Waals surface area (Å²) in [6, 6.07) is 14.9. The zero-order valence-electron chi connectivity index (χ0n) is 14.4. The maximum absolute atomic E-state index is 11.2. The first-order valence-electron chi connectivity index (χ1n) is 8.13. The lowest BCUT2D eigenvalue weighted by Gasteiger charge is -2.10. The van der Waals surface area contributed by atoms with Crippen LogP contribution in [0, 0.1) is 11.3 Å². The van der Waals surface area contributed by atoms with Gasteiger partial charge in [-0.05, 0) is 42.8 Å². The lowest BCUT2D eigenvalue weighted by Crippen LogP contribution is -2.04. The number of esters is 1. The van der Waals surface area contributed by atoms with E-state index in [4.69, 9.17) is 9.47 Å². The number of hydrogen-bond acceptors (Lipinski definition) is 5. The Labute approximate surface area is 150 Å². The molecule has 1 heterocycles. The van der Waals surface area contributed by atoms with Gasteiger partial charge in [-0.1, -0.05) is 18.2 Å². The molecule has 3 rings (SSSR count). The van der Waals surface area contributed by atoms with E-state index in [1.165, 1.54) is 6.92 Å². The summed E-state index contributed by atoms with van der Waals surface area (Å²) in [5.74, 6) is 0.863. The number of ether oxygens (including phenoxy) is 2. The molecule has 0 aliphatic heterocycles. The summed E-state index contributed by atoms with van der Waals surface area (Å²) in [7, 11) is 0. The number of benzene rings is 2. The van der Waals surface area contributed by atoms with Crippen LogP contribution in [0.2, 0.25) is 0 Å². The second-order valence-electron chi connectivity index (χ2n) is 5.51. The van der Waals surface area contributed by atoms with Gasteiger partial charge in [-0.2, -0.15) is 5.26 Å². The molecular formula is C20H17N3O3. The highest BCUT2D eigenvalue weighted by molar-refractivity contribution is 5.90. The quantitative estimate of drug-likeness (QED) is 0.429. The number of imidazole rings is 1. The van der Waals surface area contributed by atoms with Crippen LogP contribution in [-0.2, 0) is 4.79 Å². The van der Waals surface area contributed by atoms with E-state index in [0.29, 0.717) is 29.5 Å². The number of rotatable bonds is 5. The fourth-order valence-electron chi connectivity index (χ4n) is 2.52. The first-order valence-corrected chi connectivity index (χ1v) is 8.13. The number of nitriles is 1. The minimum absolute atomic E-state index is 0.346. The van der Waals surface area contributed by atoms with E-state index in [-0.39, 0.29) is 0 Å². The van der Waals surface area contributed by atoms with Crippen molar-refractivity contribution in [2.24, 2.45) is 0 Å². The van der Waals surface area contributed by atoms with Crippen molar-refractivity contribution in [1.29, 1.82) is 5.26 Å². The molecule has 0 spiro atoms. The third-order valence-corrected chi connectivity index (χ3v) is 3.60. The van der Waals surface area contributed by atoms with Crippen molar-refractivity contribution in [2.75, 3.05) is 6.61 Å². The third kappa shape index (κ3) is 3.73. The van der Waals surface area contributed by atoms with E-state index in [9.17, 15) is 10.1 Å². The van der Waals surface area contributed by atoms with Crippen molar-refractivity contribution in [1.82, 2.24) is 9.97 Å². The van der Waals surface area contributed by atoms with Gasteiger partial charge in [-0.15, -0.1) is 0 Å². The van der Waals surface area contributed by atoms with Crippen molar-refractivity contribution >= 4 is 28.7 Å². The topological polar surface area (TPSA) is 88.0 Å². The molecule has 0 radical (unpaired) electrons. The summed E-state index contributed by atoms with van der Waals surface area (Å²) in [5, 5.41) is 9.53. The lowest BCUT2D eigenvalue weighted by atomic mass is 10.1. The predicted octanol–water partition coefficient (Wildman–Crippen LogP) is 3.95. The van der Waals surface area contributed by atoms with Gasteiger partial charge in [-0.3, -0.25) is 4.79 Å². The molecule has 3 aromatic rings. The van der Waals surface area contributed by atoms with Crippen molar-refractivity contribution in [2.45, 2.75) is 13.8 Å². The van der Waals surface area contributed by atoms with Crippen LogP contribution in [0.3, 0.4) is 0 Å². The number of aromatic amines is 1. The molecule has 0 aliphatic rings. The Kier molecular flexibility index (Phi) is 4.99. The van der Waals surface area contributed by atoms with E-state index in [1.54, 1.807) is 24.3 Å². The monoisotopic (exact) mass is 347 g/mol. The Morgan fingerprint density at radius 3 is 2.77 bits per heavy atom. The third-order valence-electron chi connectivity index (χ3n) is 3.60. The number of aromatic nitrogens is 2. The highest BCUT2D eigenvalue weighted by Crippen LogP contribution is 2.30. The summed E-state index contributed by atoms with van der Waals surface area (Å²) in [4.78, 5) is 18.8. The fourth-order valence-corrected chi connectivity index (χ4v) is 2.52. The molecular weight excluding hydrogens is 330 g/mol. The Hall–Kier alpha value is -3.59. The number of hydrogen-bond donors (Lipinski definition) is 1. The van der Waals surface area contributed by atoms with Gasteiger partial charge < -0.3 is 14.5 Å². The molecule has 0 fully saturated rings. The molecule has 130 valence electrons. The standard InChI is InChI=1S/C20H17N3O3/c1-3-25-19-11-14(8-9-18(19)26-13(2)24)10-15(12-21)20-22-16-6-4-5-7-17(16)23-20/h4-11H,3H2,1-2H3,(H,22,23). The normalized spacial score (nSPS) is 11.2. The van der Waals surface area contributed by atoms with E-state index >= 15 is 0 Å². The molecule has 0 unspecified atom stereocenters. The van der Waals surface area contributed by atoms with Gasteiger partial charge in [0.1, 0.15) is 11.9 Å². The fraction of sp³-hybridized carbons (Fsp3) is 0.150. The average molecular weight is 347 g/mol. The van der Waals surface area contributed by atoms with Crippen molar-refractivity contribution in [3.63, 3.8) is 0 Å². The molecule has 0 atom stereocenters. The maximum Gasteiger partial charge on any atom is 0.308 e. The first kappa shape index (κ1) is 17.2. The Balaban J connectivity index is 1.99. The molecule has 0 amide bonds. The first-order chi connectivity index (χ1) is 12.6. The molecule has 6 heteroatoms. The van der Waals surface area contributed by atoms with Crippen LogP contribution in [-0.4, -0.2) is 22.5 Å². The minimum Gasteiger partial charge on any atom is -0.490 e. The van der Waals surface area contributed by atoms with Crippen molar-refractivity contribution in [3.05, 3.63) is 53.9 Å². The number of carbonyl (C=O) groups is 1. The smallest absolute Gasteiger partial charge is 0.308 e. The van der Waals surface area contributed by atoms with Crippen molar-refractivity contribution < 1.29 is 14.3 Å². The van der Waals surface area contributed by atoms with Gasteiger partial charge in [0.25, 0.3) is 0 Å². The molecule has 2 aromatic carbocycles. The zero-order chi connectivity index (χ0) is 18.5. The largest absolute Gasteiger partial charge is 0.490 e. The summed E-state index contributed by atoms with van der Waals surface area (Å²) in [6.45, 7) is 3.60. The lowest BCUT2D eigenvalue weighted by molar-refractivity contribution is -0.132. The van der Waals surface area contributed by atoms with Gasteiger partial charge in [0.15, 0.2) is 11.5 Å². The number of fused-ring (bicyclic) bond motifs is 1. The van der Waals surface area contributed by atoms with Crippen LogP contribution >= 0.6 is 0 Å². The van der Waals surface area contributed by atoms with Gasteiger partial charge in [0.05, 0.1) is 23.2 Å². The summed E-state index contributed by atoms with van der Waals surface area (Å²) in [6.07, 6.45) is 1.71. The number of nitrogens with zero attached hydrogens (tertiary/aromatic N) is 2. The van der Waals surface area contributed by atoms with E-state index in [1.807, 2.05) is 31.2 Å². The molecule has 0 bridgehead atoms. The predicted molar refractivity (Wildman–Crippen MR) is 98.5 cm³/mol. The van der Waals surface area contributed by atoms with Crippen LogP contribution in [0.1, 0.15) is 25.2 Å². The van der Waals surface area contributed by atoms with Gasteiger partial charge in [0, 0.05) is 6.92 Å². The molecule has 0 saturated heterocycles. The number of H-pyrrole nitrogens is 1. The minimum atomic E-state index is -0.422. The van der Waals surface area contributed by atoms with Gasteiger partial charge in [-0.25, -0.2) is 4.98 Å². The number of allylic oxidation sites excluding steroid dienone is 1. The van der Waals surface area contributed by atoms with Gasteiger partial charge in [0.2, 0.25) is 0 Å². The van der Waals surface area contributed by atoms with E-state index in [2.05, 4.69) is 16.0 Å².